The maximum absolute atomic E-state index is 12.3. The summed E-state index contributed by atoms with van der Waals surface area (Å²) >= 11 is 5.91. The van der Waals surface area contributed by atoms with Gasteiger partial charge in [0.05, 0.1) is 12.5 Å². The molecule has 0 saturated carbocycles. The van der Waals surface area contributed by atoms with Gasteiger partial charge in [-0.1, -0.05) is 11.6 Å². The van der Waals surface area contributed by atoms with E-state index in [1.165, 1.54) is 4.90 Å². The van der Waals surface area contributed by atoms with E-state index < -0.39 is 11.9 Å². The monoisotopic (exact) mass is 394 g/mol. The van der Waals surface area contributed by atoms with Gasteiger partial charge < -0.3 is 25.1 Å². The van der Waals surface area contributed by atoms with E-state index >= 15 is 0 Å². The quantitative estimate of drug-likeness (QED) is 0.797. The lowest BCUT2D eigenvalue weighted by atomic mass is 10.1. The molecule has 0 spiro atoms. The zero-order chi connectivity index (χ0) is 19.4. The van der Waals surface area contributed by atoms with E-state index in [1.54, 1.807) is 4.90 Å². The molecule has 2 heterocycles. The second-order valence-corrected chi connectivity index (χ2v) is 7.21. The summed E-state index contributed by atoms with van der Waals surface area (Å²) in [6.45, 7) is 3.12. The van der Waals surface area contributed by atoms with Crippen LogP contribution in [0.25, 0.3) is 0 Å². The maximum atomic E-state index is 12.3. The van der Waals surface area contributed by atoms with E-state index in [1.807, 2.05) is 24.3 Å². The number of carboxylic acid groups (broad SMARTS) is 1. The average Bonchev–Trinajstić information content (AvgIpc) is 3.17. The first-order valence-electron chi connectivity index (χ1n) is 8.98. The summed E-state index contributed by atoms with van der Waals surface area (Å²) in [5.41, 5.74) is 1.07. The molecular formula is C18H23ClN4O4. The van der Waals surface area contributed by atoms with Crippen LogP contribution in [0.2, 0.25) is 5.02 Å². The maximum Gasteiger partial charge on any atom is 0.317 e. The lowest BCUT2D eigenvalue weighted by molar-refractivity contribution is -0.141. The fraction of sp³-hybridized carbons (Fsp3) is 0.500. The first kappa shape index (κ1) is 19.3. The summed E-state index contributed by atoms with van der Waals surface area (Å²) in [4.78, 5) is 40.8. The zero-order valence-corrected chi connectivity index (χ0v) is 15.7. The average molecular weight is 395 g/mol. The molecule has 2 saturated heterocycles. The normalized spacial score (nSPS) is 19.9. The molecule has 2 aliphatic heterocycles. The number of halogens is 1. The molecule has 1 unspecified atom stereocenters. The Labute approximate surface area is 162 Å². The number of carbonyl (C=O) groups excluding carboxylic acids is 2. The second kappa shape index (κ2) is 8.47. The number of carboxylic acids is 1. The van der Waals surface area contributed by atoms with Crippen LogP contribution in [0.1, 0.15) is 6.42 Å². The predicted octanol–water partition coefficient (Wildman–Crippen LogP) is 1.10. The van der Waals surface area contributed by atoms with Crippen molar-refractivity contribution < 1.29 is 19.5 Å². The molecule has 0 radical (unpaired) electrons. The number of rotatable bonds is 4. The van der Waals surface area contributed by atoms with Gasteiger partial charge >= 0.3 is 12.0 Å². The van der Waals surface area contributed by atoms with E-state index in [-0.39, 0.29) is 25.0 Å². The third kappa shape index (κ3) is 4.82. The van der Waals surface area contributed by atoms with Gasteiger partial charge in [0, 0.05) is 50.0 Å². The lowest BCUT2D eigenvalue weighted by Crippen LogP contribution is -2.52. The molecule has 8 nitrogen and oxygen atoms in total. The predicted molar refractivity (Wildman–Crippen MR) is 101 cm³/mol. The number of nitrogens with one attached hydrogen (secondary N) is 1. The number of hydrogen-bond donors (Lipinski definition) is 2. The van der Waals surface area contributed by atoms with Gasteiger partial charge in [-0.3, -0.25) is 9.59 Å². The first-order chi connectivity index (χ1) is 12.9. The fourth-order valence-electron chi connectivity index (χ4n) is 3.39. The number of nitrogens with zero attached hydrogens (tertiary/aromatic N) is 3. The highest BCUT2D eigenvalue weighted by Gasteiger charge is 2.31. The Bertz CT molecular complexity index is 704. The van der Waals surface area contributed by atoms with Gasteiger partial charge in [0.2, 0.25) is 5.91 Å². The molecule has 1 aromatic carbocycles. The molecule has 0 bridgehead atoms. The SMILES string of the molecule is O=C(O)C1CCN(C(=O)NCC(=O)N2CCN(c3ccc(Cl)cc3)CC2)C1. The summed E-state index contributed by atoms with van der Waals surface area (Å²) in [7, 11) is 0. The Morgan fingerprint density at radius 2 is 1.70 bits per heavy atom. The molecule has 3 rings (SSSR count). The Hall–Kier alpha value is -2.48. The fourth-order valence-corrected chi connectivity index (χ4v) is 3.51. The van der Waals surface area contributed by atoms with Gasteiger partial charge in [0.1, 0.15) is 0 Å². The lowest BCUT2D eigenvalue weighted by Gasteiger charge is -2.36. The van der Waals surface area contributed by atoms with Crippen molar-refractivity contribution in [1.29, 1.82) is 0 Å². The number of carbonyl (C=O) groups is 3. The van der Waals surface area contributed by atoms with Gasteiger partial charge in [-0.15, -0.1) is 0 Å². The molecular weight excluding hydrogens is 372 g/mol. The van der Waals surface area contributed by atoms with E-state index in [0.29, 0.717) is 44.2 Å². The van der Waals surface area contributed by atoms with Crippen LogP contribution in [0, 0.1) is 5.92 Å². The van der Waals surface area contributed by atoms with E-state index in [4.69, 9.17) is 16.7 Å². The summed E-state index contributed by atoms with van der Waals surface area (Å²) in [6.07, 6.45) is 0.448. The highest BCUT2D eigenvalue weighted by Crippen LogP contribution is 2.19. The Kier molecular flexibility index (Phi) is 6.05. The largest absolute Gasteiger partial charge is 0.481 e. The number of likely N-dealkylation sites (tertiary alicyclic amines) is 1. The molecule has 9 heteroatoms. The van der Waals surface area contributed by atoms with Crippen molar-refractivity contribution in [3.05, 3.63) is 29.3 Å². The first-order valence-corrected chi connectivity index (χ1v) is 9.35. The molecule has 2 fully saturated rings. The van der Waals surface area contributed by atoms with Crippen molar-refractivity contribution in [3.63, 3.8) is 0 Å². The minimum absolute atomic E-state index is 0.0754. The summed E-state index contributed by atoms with van der Waals surface area (Å²) in [5, 5.41) is 12.3. The summed E-state index contributed by atoms with van der Waals surface area (Å²) in [6, 6.07) is 7.22. The number of aliphatic carboxylic acids is 1. The van der Waals surface area contributed by atoms with E-state index in [2.05, 4.69) is 10.2 Å². The molecule has 27 heavy (non-hydrogen) atoms. The molecule has 3 amide bonds. The minimum Gasteiger partial charge on any atom is -0.481 e. The second-order valence-electron chi connectivity index (χ2n) is 6.77. The Balaban J connectivity index is 1.41. The van der Waals surface area contributed by atoms with Crippen LogP contribution >= 0.6 is 11.6 Å². The van der Waals surface area contributed by atoms with Crippen LogP contribution in [0.3, 0.4) is 0 Å². The van der Waals surface area contributed by atoms with Crippen LogP contribution in [0.4, 0.5) is 10.5 Å². The molecule has 1 atom stereocenters. The minimum atomic E-state index is -0.889. The number of urea groups is 1. The van der Waals surface area contributed by atoms with Crippen LogP contribution in [-0.2, 0) is 9.59 Å². The zero-order valence-electron chi connectivity index (χ0n) is 14.9. The van der Waals surface area contributed by atoms with Gasteiger partial charge in [-0.25, -0.2) is 4.79 Å². The van der Waals surface area contributed by atoms with Gasteiger partial charge in [-0.2, -0.15) is 0 Å². The van der Waals surface area contributed by atoms with E-state index in [0.717, 1.165) is 5.69 Å². The van der Waals surface area contributed by atoms with Gasteiger partial charge in [-0.05, 0) is 30.7 Å². The van der Waals surface area contributed by atoms with Crippen molar-refractivity contribution in [1.82, 2.24) is 15.1 Å². The van der Waals surface area contributed by atoms with Crippen LogP contribution in [0.5, 0.6) is 0 Å². The number of anilines is 1. The van der Waals surface area contributed by atoms with Crippen molar-refractivity contribution in [2.45, 2.75) is 6.42 Å². The molecule has 0 aromatic heterocycles. The third-order valence-electron chi connectivity index (χ3n) is 5.04. The van der Waals surface area contributed by atoms with Crippen molar-refractivity contribution in [2.24, 2.45) is 5.92 Å². The Morgan fingerprint density at radius 3 is 2.30 bits per heavy atom. The highest BCUT2D eigenvalue weighted by atomic mass is 35.5. The number of piperazine rings is 1. The number of benzene rings is 1. The number of amides is 3. The molecule has 2 N–H and O–H groups in total. The van der Waals surface area contributed by atoms with E-state index in [9.17, 15) is 14.4 Å². The molecule has 0 aliphatic carbocycles. The topological polar surface area (TPSA) is 93.2 Å². The van der Waals surface area contributed by atoms with Gasteiger partial charge in [0.15, 0.2) is 0 Å². The molecule has 2 aliphatic rings. The Morgan fingerprint density at radius 1 is 1.04 bits per heavy atom. The highest BCUT2D eigenvalue weighted by molar-refractivity contribution is 6.30. The summed E-state index contributed by atoms with van der Waals surface area (Å²) < 4.78 is 0. The van der Waals surface area contributed by atoms with Gasteiger partial charge in [0.25, 0.3) is 0 Å². The smallest absolute Gasteiger partial charge is 0.317 e. The van der Waals surface area contributed by atoms with Crippen LogP contribution in [-0.4, -0.2) is 78.6 Å². The summed E-state index contributed by atoms with van der Waals surface area (Å²) in [5.74, 6) is -1.54. The van der Waals surface area contributed by atoms with Crippen molar-refractivity contribution >= 4 is 35.2 Å². The third-order valence-corrected chi connectivity index (χ3v) is 5.29. The van der Waals surface area contributed by atoms with Crippen LogP contribution < -0.4 is 10.2 Å². The molecule has 1 aromatic rings. The van der Waals surface area contributed by atoms with Crippen molar-refractivity contribution in [3.8, 4) is 0 Å². The molecule has 146 valence electrons. The van der Waals surface area contributed by atoms with Crippen LogP contribution in [0.15, 0.2) is 24.3 Å². The standard InChI is InChI=1S/C18H23ClN4O4/c19-14-1-3-15(4-2-14)21-7-9-22(10-8-21)16(24)11-20-18(27)23-6-5-13(12-23)17(25)26/h1-4,13H,5-12H2,(H,20,27)(H,25,26). The number of hydrogen-bond acceptors (Lipinski definition) is 4. The van der Waals surface area contributed by atoms with Crippen molar-refractivity contribution in [2.75, 3.05) is 50.7 Å².